The molecule has 0 spiro atoms. The van der Waals surface area contributed by atoms with Crippen molar-refractivity contribution in [1.82, 2.24) is 4.90 Å². The second-order valence-corrected chi connectivity index (χ2v) is 5.77. The highest BCUT2D eigenvalue weighted by Gasteiger charge is 1.94. The molecule has 0 heterocycles. The third-order valence-electron chi connectivity index (χ3n) is 3.51. The van der Waals surface area contributed by atoms with Crippen LogP contribution in [0.4, 0.5) is 0 Å². The van der Waals surface area contributed by atoms with Crippen LogP contribution in [0, 0.1) is 0 Å². The van der Waals surface area contributed by atoms with E-state index in [0.29, 0.717) is 0 Å². The lowest BCUT2D eigenvalue weighted by atomic mass is 10.1. The summed E-state index contributed by atoms with van der Waals surface area (Å²) in [7, 11) is 4.32. The molecule has 0 aliphatic carbocycles. The highest BCUT2D eigenvalue weighted by Crippen LogP contribution is 2.12. The Bertz CT molecular complexity index is 163. The first-order valence-electron chi connectivity index (χ1n) is 8.03. The molecule has 0 aliphatic rings. The highest BCUT2D eigenvalue weighted by molar-refractivity contribution is 4.65. The predicted octanol–water partition coefficient (Wildman–Crippen LogP) is 5.42. The SMILES string of the molecule is C=CCCCCCCCCCCCCCN(C)C. The van der Waals surface area contributed by atoms with E-state index >= 15 is 0 Å². The summed E-state index contributed by atoms with van der Waals surface area (Å²) < 4.78 is 0. The van der Waals surface area contributed by atoms with Crippen LogP contribution in [0.1, 0.15) is 77.0 Å². The van der Waals surface area contributed by atoms with Crippen LogP contribution in [0.2, 0.25) is 0 Å². The number of hydrogen-bond acceptors (Lipinski definition) is 1. The van der Waals surface area contributed by atoms with Gasteiger partial charge in [0.1, 0.15) is 0 Å². The van der Waals surface area contributed by atoms with Crippen LogP contribution in [-0.2, 0) is 0 Å². The zero-order valence-electron chi connectivity index (χ0n) is 12.9. The molecule has 0 aromatic heterocycles. The molecule has 0 bridgehead atoms. The average molecular weight is 253 g/mol. The molecule has 108 valence electrons. The minimum Gasteiger partial charge on any atom is -0.309 e. The van der Waals surface area contributed by atoms with E-state index in [-0.39, 0.29) is 0 Å². The maximum Gasteiger partial charge on any atom is -0.00248 e. The van der Waals surface area contributed by atoms with Gasteiger partial charge in [-0.05, 0) is 39.9 Å². The van der Waals surface area contributed by atoms with Gasteiger partial charge in [0.2, 0.25) is 0 Å². The van der Waals surface area contributed by atoms with E-state index in [9.17, 15) is 0 Å². The molecule has 0 radical (unpaired) electrons. The van der Waals surface area contributed by atoms with Crippen molar-refractivity contribution in [3.05, 3.63) is 12.7 Å². The van der Waals surface area contributed by atoms with E-state index in [1.54, 1.807) is 0 Å². The quantitative estimate of drug-likeness (QED) is 0.295. The number of unbranched alkanes of at least 4 members (excludes halogenated alkanes) is 11. The van der Waals surface area contributed by atoms with Crippen LogP contribution in [0.3, 0.4) is 0 Å². The molecular formula is C17H35N. The van der Waals surface area contributed by atoms with Gasteiger partial charge in [-0.1, -0.05) is 63.9 Å². The van der Waals surface area contributed by atoms with E-state index in [1.165, 1.54) is 83.6 Å². The van der Waals surface area contributed by atoms with Crippen molar-refractivity contribution in [2.75, 3.05) is 20.6 Å². The first kappa shape index (κ1) is 17.7. The second kappa shape index (κ2) is 14.8. The van der Waals surface area contributed by atoms with Crippen LogP contribution in [0.15, 0.2) is 12.7 Å². The lowest BCUT2D eigenvalue weighted by molar-refractivity contribution is 0.389. The molecule has 1 heteroatoms. The molecular weight excluding hydrogens is 218 g/mol. The van der Waals surface area contributed by atoms with Gasteiger partial charge in [-0.15, -0.1) is 6.58 Å². The van der Waals surface area contributed by atoms with Gasteiger partial charge in [0.25, 0.3) is 0 Å². The predicted molar refractivity (Wildman–Crippen MR) is 84.2 cm³/mol. The number of nitrogens with zero attached hydrogens (tertiary/aromatic N) is 1. The van der Waals surface area contributed by atoms with Gasteiger partial charge < -0.3 is 4.90 Å². The Morgan fingerprint density at radius 2 is 1.06 bits per heavy atom. The van der Waals surface area contributed by atoms with Gasteiger partial charge in [0.05, 0.1) is 0 Å². The van der Waals surface area contributed by atoms with Gasteiger partial charge in [-0.2, -0.15) is 0 Å². The summed E-state index contributed by atoms with van der Waals surface area (Å²) >= 11 is 0. The van der Waals surface area contributed by atoms with Crippen molar-refractivity contribution in [1.29, 1.82) is 0 Å². The van der Waals surface area contributed by atoms with Crippen molar-refractivity contribution >= 4 is 0 Å². The topological polar surface area (TPSA) is 3.24 Å². The number of rotatable bonds is 14. The standard InChI is InChI=1S/C17H35N/c1-4-5-6-7-8-9-10-11-12-13-14-15-16-17-18(2)3/h4H,1,5-17H2,2-3H3. The van der Waals surface area contributed by atoms with Crippen LogP contribution in [0.25, 0.3) is 0 Å². The first-order valence-corrected chi connectivity index (χ1v) is 8.03. The Morgan fingerprint density at radius 1 is 0.667 bits per heavy atom. The molecule has 0 aromatic rings. The normalized spacial score (nSPS) is 11.1. The van der Waals surface area contributed by atoms with Crippen LogP contribution in [0.5, 0.6) is 0 Å². The minimum absolute atomic E-state index is 1.20. The van der Waals surface area contributed by atoms with Crippen molar-refractivity contribution in [3.63, 3.8) is 0 Å². The molecule has 0 unspecified atom stereocenters. The molecule has 0 fully saturated rings. The van der Waals surface area contributed by atoms with Gasteiger partial charge in [0, 0.05) is 0 Å². The van der Waals surface area contributed by atoms with Crippen molar-refractivity contribution in [2.24, 2.45) is 0 Å². The fraction of sp³-hybridized carbons (Fsp3) is 0.882. The van der Waals surface area contributed by atoms with Gasteiger partial charge in [-0.25, -0.2) is 0 Å². The molecule has 0 aromatic carbocycles. The van der Waals surface area contributed by atoms with Gasteiger partial charge >= 0.3 is 0 Å². The van der Waals surface area contributed by atoms with Crippen molar-refractivity contribution in [2.45, 2.75) is 77.0 Å². The Kier molecular flexibility index (Phi) is 14.5. The smallest absolute Gasteiger partial charge is 0.00248 e. The van der Waals surface area contributed by atoms with E-state index in [2.05, 4.69) is 25.6 Å². The summed E-state index contributed by atoms with van der Waals surface area (Å²) in [6, 6.07) is 0. The highest BCUT2D eigenvalue weighted by atomic mass is 15.0. The van der Waals surface area contributed by atoms with Crippen molar-refractivity contribution < 1.29 is 0 Å². The average Bonchev–Trinajstić information content (AvgIpc) is 2.34. The Morgan fingerprint density at radius 3 is 1.44 bits per heavy atom. The fourth-order valence-electron chi connectivity index (χ4n) is 2.31. The van der Waals surface area contributed by atoms with Crippen molar-refractivity contribution in [3.8, 4) is 0 Å². The van der Waals surface area contributed by atoms with E-state index in [0.717, 1.165) is 0 Å². The maximum absolute atomic E-state index is 3.76. The third-order valence-corrected chi connectivity index (χ3v) is 3.51. The van der Waals surface area contributed by atoms with Gasteiger partial charge in [-0.3, -0.25) is 0 Å². The Hall–Kier alpha value is -0.300. The Labute approximate surface area is 116 Å². The zero-order valence-corrected chi connectivity index (χ0v) is 12.9. The molecule has 0 saturated heterocycles. The molecule has 0 saturated carbocycles. The largest absolute Gasteiger partial charge is 0.309 e. The molecule has 1 nitrogen and oxygen atoms in total. The third kappa shape index (κ3) is 15.7. The van der Waals surface area contributed by atoms with Crippen LogP contribution < -0.4 is 0 Å². The molecule has 0 N–H and O–H groups in total. The Balaban J connectivity index is 2.92. The second-order valence-electron chi connectivity index (χ2n) is 5.77. The molecule has 0 amide bonds. The summed E-state index contributed by atoms with van der Waals surface area (Å²) in [5.74, 6) is 0. The molecule has 18 heavy (non-hydrogen) atoms. The van der Waals surface area contributed by atoms with Gasteiger partial charge in [0.15, 0.2) is 0 Å². The molecule has 0 atom stereocenters. The van der Waals surface area contributed by atoms with E-state index in [1.807, 2.05) is 6.08 Å². The lowest BCUT2D eigenvalue weighted by Crippen LogP contribution is -2.12. The number of allylic oxidation sites excluding steroid dienone is 1. The minimum atomic E-state index is 1.20. The summed E-state index contributed by atoms with van der Waals surface area (Å²) in [4.78, 5) is 2.28. The lowest BCUT2D eigenvalue weighted by Gasteiger charge is -2.08. The fourth-order valence-corrected chi connectivity index (χ4v) is 2.31. The molecule has 0 aliphatic heterocycles. The zero-order chi connectivity index (χ0) is 13.5. The maximum atomic E-state index is 3.76. The summed E-state index contributed by atoms with van der Waals surface area (Å²) in [6.45, 7) is 5.01. The summed E-state index contributed by atoms with van der Waals surface area (Å²) in [5, 5.41) is 0. The summed E-state index contributed by atoms with van der Waals surface area (Å²) in [5.41, 5.74) is 0. The summed E-state index contributed by atoms with van der Waals surface area (Å²) in [6.07, 6.45) is 18.9. The van der Waals surface area contributed by atoms with E-state index < -0.39 is 0 Å². The monoisotopic (exact) mass is 253 g/mol. The van der Waals surface area contributed by atoms with E-state index in [4.69, 9.17) is 0 Å². The number of hydrogen-bond donors (Lipinski definition) is 0. The first-order chi connectivity index (χ1) is 8.77. The van der Waals surface area contributed by atoms with Crippen LogP contribution >= 0.6 is 0 Å². The molecule has 0 rings (SSSR count). The van der Waals surface area contributed by atoms with Crippen LogP contribution in [-0.4, -0.2) is 25.5 Å².